The van der Waals surface area contributed by atoms with E-state index >= 15 is 0 Å². The summed E-state index contributed by atoms with van der Waals surface area (Å²) in [5, 5.41) is 3.55. The van der Waals surface area contributed by atoms with Crippen LogP contribution in [-0.4, -0.2) is 18.8 Å². The number of nitrogens with one attached hydrogen (secondary N) is 1. The van der Waals surface area contributed by atoms with Crippen LogP contribution < -0.4 is 5.32 Å². The lowest BCUT2D eigenvalue weighted by molar-refractivity contribution is -0.146. The Morgan fingerprint density at radius 3 is 2.89 bits per heavy atom. The molecule has 3 aliphatic rings. The Bertz CT molecular complexity index is 466. The number of para-hydroxylation sites is 1. The Labute approximate surface area is 115 Å². The van der Waals surface area contributed by atoms with E-state index in [-0.39, 0.29) is 5.60 Å². The summed E-state index contributed by atoms with van der Waals surface area (Å²) in [7, 11) is 0. The second-order valence-corrected chi connectivity index (χ2v) is 6.55. The highest BCUT2D eigenvalue weighted by Gasteiger charge is 2.44. The van der Waals surface area contributed by atoms with Gasteiger partial charge < -0.3 is 10.1 Å². The number of hydrogen-bond donors (Lipinski definition) is 1. The largest absolute Gasteiger partial charge is 0.385 e. The first-order valence-electron chi connectivity index (χ1n) is 7.83. The monoisotopic (exact) mass is 257 g/mol. The summed E-state index contributed by atoms with van der Waals surface area (Å²) in [5.41, 5.74) is 3.20. The smallest absolute Gasteiger partial charge is 0.0685 e. The zero-order chi connectivity index (χ0) is 12.7. The molecule has 2 atom stereocenters. The second-order valence-electron chi connectivity index (χ2n) is 6.55. The molecule has 2 heteroatoms. The highest BCUT2D eigenvalue weighted by molar-refractivity contribution is 5.54. The first kappa shape index (κ1) is 11.8. The predicted molar refractivity (Wildman–Crippen MR) is 77.5 cm³/mol. The van der Waals surface area contributed by atoms with E-state index in [1.165, 1.54) is 44.2 Å². The summed E-state index contributed by atoms with van der Waals surface area (Å²) in [6, 6.07) is 8.90. The topological polar surface area (TPSA) is 21.3 Å². The van der Waals surface area contributed by atoms with Crippen LogP contribution in [0.1, 0.15) is 50.0 Å². The third kappa shape index (κ3) is 1.97. The van der Waals surface area contributed by atoms with Crippen LogP contribution in [-0.2, 0) is 4.74 Å². The van der Waals surface area contributed by atoms with E-state index < -0.39 is 0 Å². The summed E-state index contributed by atoms with van der Waals surface area (Å²) in [6.45, 7) is 2.11. The van der Waals surface area contributed by atoms with Crippen molar-refractivity contribution in [3.05, 3.63) is 29.8 Å². The predicted octanol–water partition coefficient (Wildman–Crippen LogP) is 3.94. The van der Waals surface area contributed by atoms with Crippen LogP contribution in [0.15, 0.2) is 24.3 Å². The molecular formula is C17H23NO. The molecule has 2 nitrogen and oxygen atoms in total. The molecule has 0 bridgehead atoms. The van der Waals surface area contributed by atoms with Crippen LogP contribution in [0.25, 0.3) is 0 Å². The average Bonchev–Trinajstić information content (AvgIpc) is 2.45. The van der Waals surface area contributed by atoms with Crippen LogP contribution in [0.3, 0.4) is 0 Å². The van der Waals surface area contributed by atoms with Gasteiger partial charge in [-0.1, -0.05) is 18.2 Å². The summed E-state index contributed by atoms with van der Waals surface area (Å²) in [6.07, 6.45) is 7.81. The number of fused-ring (bicyclic) bond motifs is 1. The Morgan fingerprint density at radius 1 is 1.16 bits per heavy atom. The number of benzene rings is 1. The first-order chi connectivity index (χ1) is 9.36. The Kier molecular flexibility index (Phi) is 2.80. The van der Waals surface area contributed by atoms with Crippen molar-refractivity contribution >= 4 is 5.69 Å². The molecule has 1 saturated carbocycles. The number of ether oxygens (including phenoxy) is 1. The van der Waals surface area contributed by atoms with E-state index in [0.29, 0.717) is 0 Å². The lowest BCUT2D eigenvalue weighted by Gasteiger charge is -2.49. The maximum Gasteiger partial charge on any atom is 0.0685 e. The van der Waals surface area contributed by atoms with Crippen LogP contribution >= 0.6 is 0 Å². The summed E-state index contributed by atoms with van der Waals surface area (Å²) < 4.78 is 6.09. The third-order valence-corrected chi connectivity index (χ3v) is 5.50. The van der Waals surface area contributed by atoms with E-state index in [2.05, 4.69) is 29.6 Å². The normalized spacial score (nSPS) is 32.2. The average molecular weight is 257 g/mol. The van der Waals surface area contributed by atoms with Gasteiger partial charge in [-0.3, -0.25) is 0 Å². The fourth-order valence-electron chi connectivity index (χ4n) is 4.32. The first-order valence-corrected chi connectivity index (χ1v) is 7.83. The van der Waals surface area contributed by atoms with Crippen molar-refractivity contribution in [1.82, 2.24) is 0 Å². The van der Waals surface area contributed by atoms with Crippen molar-refractivity contribution < 1.29 is 4.74 Å². The summed E-state index contributed by atoms with van der Waals surface area (Å²) >= 11 is 0. The molecule has 1 aromatic carbocycles. The highest BCUT2D eigenvalue weighted by atomic mass is 16.5. The molecule has 2 heterocycles. The minimum absolute atomic E-state index is 0.280. The second kappa shape index (κ2) is 4.52. The third-order valence-electron chi connectivity index (χ3n) is 5.50. The molecule has 2 unspecified atom stereocenters. The molecule has 4 rings (SSSR count). The lowest BCUT2D eigenvalue weighted by atomic mass is 9.67. The van der Waals surface area contributed by atoms with E-state index in [4.69, 9.17) is 4.74 Å². The minimum atomic E-state index is 0.280. The quantitative estimate of drug-likeness (QED) is 0.823. The van der Waals surface area contributed by atoms with Gasteiger partial charge in [-0.15, -0.1) is 0 Å². The van der Waals surface area contributed by atoms with Crippen molar-refractivity contribution in [3.8, 4) is 0 Å². The van der Waals surface area contributed by atoms with Crippen molar-refractivity contribution in [3.63, 3.8) is 0 Å². The Hall–Kier alpha value is -1.02. The molecule has 102 valence electrons. The summed E-state index contributed by atoms with van der Waals surface area (Å²) in [4.78, 5) is 0. The molecule has 0 aromatic heterocycles. The van der Waals surface area contributed by atoms with Gasteiger partial charge >= 0.3 is 0 Å². The maximum absolute atomic E-state index is 6.09. The molecule has 1 spiro atoms. The van der Waals surface area contributed by atoms with E-state index in [1.807, 2.05) is 0 Å². The van der Waals surface area contributed by atoms with Gasteiger partial charge in [0.2, 0.25) is 0 Å². The van der Waals surface area contributed by atoms with Crippen LogP contribution in [0, 0.1) is 5.92 Å². The number of hydrogen-bond acceptors (Lipinski definition) is 2. The molecule has 1 N–H and O–H groups in total. The highest BCUT2D eigenvalue weighted by Crippen LogP contribution is 2.49. The van der Waals surface area contributed by atoms with Gasteiger partial charge in [0.15, 0.2) is 0 Å². The maximum atomic E-state index is 6.09. The molecule has 19 heavy (non-hydrogen) atoms. The molecule has 0 amide bonds. The van der Waals surface area contributed by atoms with Crippen molar-refractivity contribution in [2.24, 2.45) is 5.92 Å². The van der Waals surface area contributed by atoms with Crippen molar-refractivity contribution in [2.45, 2.75) is 50.0 Å². The molecule has 2 aliphatic heterocycles. The standard InChI is InChI=1S/C17H23NO/c1-2-5-16-15(4-1)14(6-10-18-16)13-7-11-19-17(12-13)8-3-9-17/h1-2,4-5,13-14,18H,3,6-12H2. The minimum Gasteiger partial charge on any atom is -0.385 e. The number of anilines is 1. The van der Waals surface area contributed by atoms with E-state index in [0.717, 1.165) is 25.0 Å². The van der Waals surface area contributed by atoms with Gasteiger partial charge in [0.25, 0.3) is 0 Å². The van der Waals surface area contributed by atoms with Crippen molar-refractivity contribution in [2.75, 3.05) is 18.5 Å². The molecule has 0 radical (unpaired) electrons. The van der Waals surface area contributed by atoms with Gasteiger partial charge in [-0.05, 0) is 62.0 Å². The molecule has 1 aliphatic carbocycles. The van der Waals surface area contributed by atoms with Gasteiger partial charge in [0, 0.05) is 18.8 Å². The van der Waals surface area contributed by atoms with Gasteiger partial charge in [0.1, 0.15) is 0 Å². The zero-order valence-corrected chi connectivity index (χ0v) is 11.5. The van der Waals surface area contributed by atoms with E-state index in [9.17, 15) is 0 Å². The van der Waals surface area contributed by atoms with Crippen molar-refractivity contribution in [1.29, 1.82) is 0 Å². The SMILES string of the molecule is c1ccc2c(c1)NCCC2C1CCOC2(CCC2)C1. The lowest BCUT2D eigenvalue weighted by Crippen LogP contribution is -2.47. The summed E-state index contributed by atoms with van der Waals surface area (Å²) in [5.74, 6) is 1.58. The van der Waals surface area contributed by atoms with Crippen LogP contribution in [0.4, 0.5) is 5.69 Å². The van der Waals surface area contributed by atoms with Crippen LogP contribution in [0.2, 0.25) is 0 Å². The fraction of sp³-hybridized carbons (Fsp3) is 0.647. The Morgan fingerprint density at radius 2 is 2.05 bits per heavy atom. The van der Waals surface area contributed by atoms with Crippen LogP contribution in [0.5, 0.6) is 0 Å². The van der Waals surface area contributed by atoms with Gasteiger partial charge in [-0.25, -0.2) is 0 Å². The number of rotatable bonds is 1. The van der Waals surface area contributed by atoms with Gasteiger partial charge in [0.05, 0.1) is 5.60 Å². The zero-order valence-electron chi connectivity index (χ0n) is 11.5. The van der Waals surface area contributed by atoms with Gasteiger partial charge in [-0.2, -0.15) is 0 Å². The molecule has 2 fully saturated rings. The molecule has 1 aromatic rings. The molecule has 1 saturated heterocycles. The Balaban J connectivity index is 1.59. The fourth-order valence-corrected chi connectivity index (χ4v) is 4.32. The molecular weight excluding hydrogens is 234 g/mol. The van der Waals surface area contributed by atoms with E-state index in [1.54, 1.807) is 5.56 Å².